The van der Waals surface area contributed by atoms with Crippen LogP contribution in [0.1, 0.15) is 10.4 Å². The third kappa shape index (κ3) is 3.20. The topological polar surface area (TPSA) is 55.1 Å². The molecule has 0 radical (unpaired) electrons. The van der Waals surface area contributed by atoms with E-state index >= 15 is 0 Å². The van der Waals surface area contributed by atoms with Crippen molar-refractivity contribution >= 4 is 28.9 Å². The average molecular weight is 283 g/mol. The highest BCUT2D eigenvalue weighted by Crippen LogP contribution is 2.20. The number of carbonyl (C=O) groups is 1. The highest BCUT2D eigenvalue weighted by molar-refractivity contribution is 6.31. The summed E-state index contributed by atoms with van der Waals surface area (Å²) in [4.78, 5) is 11.9. The molecule has 0 atom stereocenters. The van der Waals surface area contributed by atoms with Crippen molar-refractivity contribution in [2.24, 2.45) is 0 Å². The summed E-state index contributed by atoms with van der Waals surface area (Å²) in [6.07, 6.45) is 0. The van der Waals surface area contributed by atoms with Crippen LogP contribution >= 0.6 is 11.6 Å². The summed E-state index contributed by atoms with van der Waals surface area (Å²) >= 11 is 5.76. The van der Waals surface area contributed by atoms with Crippen LogP contribution in [0.3, 0.4) is 0 Å². The average Bonchev–Trinajstić information content (AvgIpc) is 2.30. The molecule has 2 aromatic rings. The fraction of sp³-hybridized carbons (Fsp3) is 0. The molecule has 0 aliphatic carbocycles. The van der Waals surface area contributed by atoms with Crippen molar-refractivity contribution in [3.63, 3.8) is 0 Å². The molecule has 3 N–H and O–H groups in total. The second-order valence-electron chi connectivity index (χ2n) is 3.84. The lowest BCUT2D eigenvalue weighted by molar-refractivity contribution is 0.102. The maximum absolute atomic E-state index is 13.0. The number of nitrogens with one attached hydrogen (secondary N) is 1. The zero-order valence-electron chi connectivity index (χ0n) is 9.58. The molecule has 1 amide bonds. The van der Waals surface area contributed by atoms with E-state index in [0.29, 0.717) is 11.1 Å². The van der Waals surface area contributed by atoms with E-state index < -0.39 is 17.5 Å². The molecule has 19 heavy (non-hydrogen) atoms. The maximum Gasteiger partial charge on any atom is 0.257 e. The lowest BCUT2D eigenvalue weighted by Crippen LogP contribution is -2.14. The molecule has 0 unspecified atom stereocenters. The van der Waals surface area contributed by atoms with Gasteiger partial charge in [-0.1, -0.05) is 11.6 Å². The Morgan fingerprint density at radius 2 is 1.74 bits per heavy atom. The number of carbonyl (C=O) groups excluding carboxylic acids is 1. The summed E-state index contributed by atoms with van der Waals surface area (Å²) in [6, 6.07) is 7.10. The largest absolute Gasteiger partial charge is 0.398 e. The molecule has 0 saturated carbocycles. The smallest absolute Gasteiger partial charge is 0.257 e. The van der Waals surface area contributed by atoms with E-state index in [0.717, 1.165) is 12.1 Å². The van der Waals surface area contributed by atoms with E-state index in [2.05, 4.69) is 5.32 Å². The number of rotatable bonds is 2. The van der Waals surface area contributed by atoms with Crippen LogP contribution in [0.4, 0.5) is 20.2 Å². The molecule has 0 aromatic heterocycles. The minimum atomic E-state index is -0.783. The fourth-order valence-corrected chi connectivity index (χ4v) is 1.72. The van der Waals surface area contributed by atoms with Gasteiger partial charge in [-0.3, -0.25) is 4.79 Å². The van der Waals surface area contributed by atoms with Gasteiger partial charge >= 0.3 is 0 Å². The van der Waals surface area contributed by atoms with Crippen molar-refractivity contribution < 1.29 is 13.6 Å². The third-order valence-corrected chi connectivity index (χ3v) is 2.62. The predicted molar refractivity (Wildman–Crippen MR) is 70.2 cm³/mol. The van der Waals surface area contributed by atoms with Crippen molar-refractivity contribution in [3.8, 4) is 0 Å². The van der Waals surface area contributed by atoms with Gasteiger partial charge < -0.3 is 11.1 Å². The molecular weight excluding hydrogens is 274 g/mol. The van der Waals surface area contributed by atoms with Crippen LogP contribution in [0, 0.1) is 11.6 Å². The van der Waals surface area contributed by atoms with Gasteiger partial charge in [0.2, 0.25) is 0 Å². The van der Waals surface area contributed by atoms with Crippen LogP contribution in [0.2, 0.25) is 5.02 Å². The highest BCUT2D eigenvalue weighted by Gasteiger charge is 2.11. The van der Waals surface area contributed by atoms with Crippen molar-refractivity contribution in [1.29, 1.82) is 0 Å². The van der Waals surface area contributed by atoms with Crippen LogP contribution in [-0.2, 0) is 0 Å². The second-order valence-corrected chi connectivity index (χ2v) is 4.28. The molecule has 0 bridgehead atoms. The van der Waals surface area contributed by atoms with Gasteiger partial charge in [-0.05, 0) is 30.3 Å². The van der Waals surface area contributed by atoms with Crippen molar-refractivity contribution in [2.45, 2.75) is 0 Å². The summed E-state index contributed by atoms with van der Waals surface area (Å²) in [5, 5.41) is 2.69. The molecule has 0 aliphatic rings. The molecule has 0 aliphatic heterocycles. The normalized spacial score (nSPS) is 10.3. The number of halogens is 3. The maximum atomic E-state index is 13.0. The van der Waals surface area contributed by atoms with Crippen LogP contribution in [0.25, 0.3) is 0 Å². The number of nitrogens with two attached hydrogens (primary N) is 1. The Labute approximate surface area is 113 Å². The first-order valence-corrected chi connectivity index (χ1v) is 5.66. The van der Waals surface area contributed by atoms with Crippen LogP contribution in [0.15, 0.2) is 36.4 Å². The number of benzene rings is 2. The number of hydrogen-bond acceptors (Lipinski definition) is 2. The molecule has 0 heterocycles. The zero-order valence-corrected chi connectivity index (χ0v) is 10.3. The molecule has 2 rings (SSSR count). The summed E-state index contributed by atoms with van der Waals surface area (Å²) in [5.41, 5.74) is 6.00. The van der Waals surface area contributed by atoms with E-state index in [1.165, 1.54) is 18.2 Å². The van der Waals surface area contributed by atoms with Gasteiger partial charge in [0.25, 0.3) is 5.91 Å². The lowest BCUT2D eigenvalue weighted by Gasteiger charge is -2.08. The lowest BCUT2D eigenvalue weighted by atomic mass is 10.1. The number of nitrogen functional groups attached to an aromatic ring is 1. The number of hydrogen-bond donors (Lipinski definition) is 2. The minimum absolute atomic E-state index is 0.00174. The molecule has 3 nitrogen and oxygen atoms in total. The second kappa shape index (κ2) is 5.24. The summed E-state index contributed by atoms with van der Waals surface area (Å²) < 4.78 is 26.0. The molecule has 0 saturated heterocycles. The van der Waals surface area contributed by atoms with Gasteiger partial charge in [0.15, 0.2) is 0 Å². The van der Waals surface area contributed by atoms with Crippen molar-refractivity contribution in [1.82, 2.24) is 0 Å². The molecule has 98 valence electrons. The first-order chi connectivity index (χ1) is 8.95. The summed E-state index contributed by atoms with van der Waals surface area (Å²) in [5.74, 6) is -2.16. The van der Waals surface area contributed by atoms with Crippen LogP contribution < -0.4 is 11.1 Å². The van der Waals surface area contributed by atoms with E-state index in [-0.39, 0.29) is 16.9 Å². The Morgan fingerprint density at radius 1 is 1.11 bits per heavy atom. The Balaban J connectivity index is 2.28. The fourth-order valence-electron chi connectivity index (χ4n) is 1.55. The van der Waals surface area contributed by atoms with Gasteiger partial charge in [-0.2, -0.15) is 0 Å². The summed E-state index contributed by atoms with van der Waals surface area (Å²) in [6.45, 7) is 0. The standard InChI is InChI=1S/C13H9ClF2N2O/c14-7-1-2-12(17)11(3-7)13(19)18-10-5-8(15)4-9(16)6-10/h1-6H,17H2,(H,18,19). The SMILES string of the molecule is Nc1ccc(Cl)cc1C(=O)Nc1cc(F)cc(F)c1. The molecule has 6 heteroatoms. The van der Waals surface area contributed by atoms with Gasteiger partial charge in [-0.15, -0.1) is 0 Å². The van der Waals surface area contributed by atoms with Crippen LogP contribution in [0.5, 0.6) is 0 Å². The van der Waals surface area contributed by atoms with E-state index in [9.17, 15) is 13.6 Å². The van der Waals surface area contributed by atoms with E-state index in [1.54, 1.807) is 0 Å². The van der Waals surface area contributed by atoms with E-state index in [4.69, 9.17) is 17.3 Å². The first kappa shape index (κ1) is 13.3. The quantitative estimate of drug-likeness (QED) is 0.829. The number of anilines is 2. The van der Waals surface area contributed by atoms with Crippen molar-refractivity contribution in [3.05, 3.63) is 58.6 Å². The van der Waals surface area contributed by atoms with E-state index in [1.807, 2.05) is 0 Å². The third-order valence-electron chi connectivity index (χ3n) is 2.38. The highest BCUT2D eigenvalue weighted by atomic mass is 35.5. The molecule has 0 fully saturated rings. The molecule has 0 spiro atoms. The van der Waals surface area contributed by atoms with Crippen LogP contribution in [-0.4, -0.2) is 5.91 Å². The Kier molecular flexibility index (Phi) is 3.66. The monoisotopic (exact) mass is 282 g/mol. The molecule has 2 aromatic carbocycles. The molecular formula is C13H9ClF2N2O. The predicted octanol–water partition coefficient (Wildman–Crippen LogP) is 3.45. The van der Waals surface area contributed by atoms with Gasteiger partial charge in [-0.25, -0.2) is 8.78 Å². The zero-order chi connectivity index (χ0) is 14.0. The Hall–Kier alpha value is -2.14. The van der Waals surface area contributed by atoms with Crippen molar-refractivity contribution in [2.75, 3.05) is 11.1 Å². The summed E-state index contributed by atoms with van der Waals surface area (Å²) in [7, 11) is 0. The van der Waals surface area contributed by atoms with Gasteiger partial charge in [0.1, 0.15) is 11.6 Å². The Bertz CT molecular complexity index is 626. The Morgan fingerprint density at radius 3 is 2.37 bits per heavy atom. The minimum Gasteiger partial charge on any atom is -0.398 e. The van der Waals surface area contributed by atoms with Gasteiger partial charge in [0.05, 0.1) is 5.56 Å². The van der Waals surface area contributed by atoms with Gasteiger partial charge in [0, 0.05) is 22.5 Å². The first-order valence-electron chi connectivity index (χ1n) is 5.28. The number of amides is 1.